The molecule has 0 saturated carbocycles. The minimum Gasteiger partial charge on any atom is -0.465 e. The van der Waals surface area contributed by atoms with Gasteiger partial charge in [-0.15, -0.1) is 0 Å². The van der Waals surface area contributed by atoms with Crippen molar-refractivity contribution in [2.75, 3.05) is 26.2 Å². The topological polar surface area (TPSA) is 96.5 Å². The van der Waals surface area contributed by atoms with Crippen LogP contribution in [0.3, 0.4) is 0 Å². The van der Waals surface area contributed by atoms with Gasteiger partial charge in [-0.3, -0.25) is 9.59 Å². The maximum Gasteiger partial charge on any atom is 0.325 e. The van der Waals surface area contributed by atoms with Gasteiger partial charge < -0.3 is 20.7 Å². The highest BCUT2D eigenvalue weighted by molar-refractivity contribution is 5.85. The molecule has 0 aliphatic carbocycles. The zero-order chi connectivity index (χ0) is 14.0. The number of nitrogens with one attached hydrogen (secondary N) is 3. The molecular formula is C11H21N3O4. The molecule has 0 bridgehead atoms. The van der Waals surface area contributed by atoms with Gasteiger partial charge in [0.2, 0.25) is 5.91 Å². The van der Waals surface area contributed by atoms with Crippen molar-refractivity contribution in [3.63, 3.8) is 0 Å². The van der Waals surface area contributed by atoms with Gasteiger partial charge in [-0.05, 0) is 12.8 Å². The molecule has 3 amide bonds. The van der Waals surface area contributed by atoms with E-state index in [0.717, 1.165) is 0 Å². The highest BCUT2D eigenvalue weighted by atomic mass is 16.5. The summed E-state index contributed by atoms with van der Waals surface area (Å²) >= 11 is 0. The predicted molar refractivity (Wildman–Crippen MR) is 65.9 cm³/mol. The van der Waals surface area contributed by atoms with Crippen molar-refractivity contribution in [2.24, 2.45) is 5.92 Å². The zero-order valence-corrected chi connectivity index (χ0v) is 11.0. The van der Waals surface area contributed by atoms with Crippen LogP contribution in [0.2, 0.25) is 0 Å². The van der Waals surface area contributed by atoms with Gasteiger partial charge in [0.25, 0.3) is 0 Å². The van der Waals surface area contributed by atoms with E-state index in [-0.39, 0.29) is 25.6 Å². The number of amides is 3. The summed E-state index contributed by atoms with van der Waals surface area (Å²) < 4.78 is 4.62. The van der Waals surface area contributed by atoms with E-state index in [0.29, 0.717) is 12.5 Å². The number of ether oxygens (including phenoxy) is 1. The fourth-order valence-corrected chi connectivity index (χ4v) is 0.968. The molecule has 0 aromatic carbocycles. The summed E-state index contributed by atoms with van der Waals surface area (Å²) in [6, 6.07) is -0.581. The van der Waals surface area contributed by atoms with Gasteiger partial charge in [0.15, 0.2) is 0 Å². The normalized spacial score (nSPS) is 9.78. The molecule has 3 N–H and O–H groups in total. The van der Waals surface area contributed by atoms with Gasteiger partial charge in [0, 0.05) is 6.54 Å². The van der Waals surface area contributed by atoms with Crippen LogP contribution in [0.4, 0.5) is 4.79 Å². The lowest BCUT2D eigenvalue weighted by atomic mass is 10.2. The number of carbonyl (C=O) groups is 3. The van der Waals surface area contributed by atoms with Crippen molar-refractivity contribution in [3.05, 3.63) is 0 Å². The lowest BCUT2D eigenvalue weighted by Crippen LogP contribution is -2.44. The third-order valence-corrected chi connectivity index (χ3v) is 1.82. The van der Waals surface area contributed by atoms with Crippen LogP contribution in [-0.4, -0.2) is 44.1 Å². The number of urea groups is 1. The van der Waals surface area contributed by atoms with Crippen LogP contribution in [0.1, 0.15) is 20.8 Å². The lowest BCUT2D eigenvalue weighted by molar-refractivity contribution is -0.141. The summed E-state index contributed by atoms with van der Waals surface area (Å²) in [5.41, 5.74) is 0. The van der Waals surface area contributed by atoms with Gasteiger partial charge >= 0.3 is 12.0 Å². The van der Waals surface area contributed by atoms with Crippen LogP contribution in [0.25, 0.3) is 0 Å². The van der Waals surface area contributed by atoms with Crippen LogP contribution in [-0.2, 0) is 14.3 Å². The lowest BCUT2D eigenvalue weighted by Gasteiger charge is -2.09. The number of hydrogen-bond acceptors (Lipinski definition) is 4. The summed E-state index contributed by atoms with van der Waals surface area (Å²) in [6.45, 7) is 6.11. The van der Waals surface area contributed by atoms with E-state index in [4.69, 9.17) is 0 Å². The van der Waals surface area contributed by atoms with Gasteiger partial charge in [-0.1, -0.05) is 13.8 Å². The van der Waals surface area contributed by atoms with Crippen molar-refractivity contribution in [2.45, 2.75) is 20.8 Å². The molecule has 0 atom stereocenters. The number of carbonyl (C=O) groups excluding carboxylic acids is 3. The third-order valence-electron chi connectivity index (χ3n) is 1.82. The number of rotatable bonds is 7. The fourth-order valence-electron chi connectivity index (χ4n) is 0.968. The molecule has 0 fully saturated rings. The molecule has 0 aromatic heterocycles. The van der Waals surface area contributed by atoms with E-state index >= 15 is 0 Å². The molecule has 7 heteroatoms. The number of esters is 1. The second-order valence-electron chi connectivity index (χ2n) is 4.04. The second-order valence-corrected chi connectivity index (χ2v) is 4.04. The first-order valence-electron chi connectivity index (χ1n) is 5.89. The molecule has 0 spiro atoms. The average molecular weight is 259 g/mol. The van der Waals surface area contributed by atoms with Crippen molar-refractivity contribution >= 4 is 17.9 Å². The van der Waals surface area contributed by atoms with Crippen molar-refractivity contribution < 1.29 is 19.1 Å². The molecule has 0 heterocycles. The average Bonchev–Trinajstić information content (AvgIpc) is 2.31. The Morgan fingerprint density at radius 2 is 1.67 bits per heavy atom. The van der Waals surface area contributed by atoms with Gasteiger partial charge in [-0.25, -0.2) is 4.79 Å². The van der Waals surface area contributed by atoms with E-state index in [1.165, 1.54) is 0 Å². The van der Waals surface area contributed by atoms with Crippen LogP contribution in [0, 0.1) is 5.92 Å². The molecule has 104 valence electrons. The maximum absolute atomic E-state index is 11.2. The second kappa shape index (κ2) is 9.26. The zero-order valence-electron chi connectivity index (χ0n) is 11.0. The summed E-state index contributed by atoms with van der Waals surface area (Å²) in [7, 11) is 0. The highest BCUT2D eigenvalue weighted by Gasteiger charge is 2.07. The molecular weight excluding hydrogens is 238 g/mol. The Labute approximate surface area is 107 Å². The minimum atomic E-state index is -0.581. The van der Waals surface area contributed by atoms with Gasteiger partial charge in [-0.2, -0.15) is 0 Å². The molecule has 7 nitrogen and oxygen atoms in total. The molecule has 0 aliphatic rings. The summed E-state index contributed by atoms with van der Waals surface area (Å²) in [5, 5.41) is 7.27. The van der Waals surface area contributed by atoms with Crippen LogP contribution in [0.15, 0.2) is 0 Å². The van der Waals surface area contributed by atoms with Crippen LogP contribution >= 0.6 is 0 Å². The van der Waals surface area contributed by atoms with E-state index < -0.39 is 12.0 Å². The Morgan fingerprint density at radius 1 is 1.06 bits per heavy atom. The molecule has 0 saturated heterocycles. The highest BCUT2D eigenvalue weighted by Crippen LogP contribution is 1.86. The first-order chi connectivity index (χ1) is 8.45. The Morgan fingerprint density at radius 3 is 2.22 bits per heavy atom. The van der Waals surface area contributed by atoms with E-state index in [9.17, 15) is 14.4 Å². The van der Waals surface area contributed by atoms with Gasteiger partial charge in [0.1, 0.15) is 6.54 Å². The SMILES string of the molecule is CCOC(=O)CNC(=O)NCC(=O)NCC(C)C. The molecule has 18 heavy (non-hydrogen) atoms. The van der Waals surface area contributed by atoms with Crippen LogP contribution in [0.5, 0.6) is 0 Å². The minimum absolute atomic E-state index is 0.124. The van der Waals surface area contributed by atoms with Crippen LogP contribution < -0.4 is 16.0 Å². The Kier molecular flexibility index (Phi) is 8.34. The van der Waals surface area contributed by atoms with Crippen molar-refractivity contribution in [3.8, 4) is 0 Å². The first kappa shape index (κ1) is 16.2. The largest absolute Gasteiger partial charge is 0.465 e. The first-order valence-corrected chi connectivity index (χ1v) is 5.89. The Hall–Kier alpha value is -1.79. The molecule has 0 radical (unpaired) electrons. The summed E-state index contributed by atoms with van der Waals surface area (Å²) in [6.07, 6.45) is 0. The Bertz CT molecular complexity index is 292. The Balaban J connectivity index is 3.64. The smallest absolute Gasteiger partial charge is 0.325 e. The summed E-state index contributed by atoms with van der Waals surface area (Å²) in [5.74, 6) is -0.432. The third kappa shape index (κ3) is 9.44. The molecule has 0 aliphatic heterocycles. The predicted octanol–water partition coefficient (Wildman–Crippen LogP) is -0.379. The number of hydrogen-bond donors (Lipinski definition) is 3. The van der Waals surface area contributed by atoms with E-state index in [1.54, 1.807) is 6.92 Å². The fraction of sp³-hybridized carbons (Fsp3) is 0.727. The molecule has 0 rings (SSSR count). The van der Waals surface area contributed by atoms with E-state index in [2.05, 4.69) is 20.7 Å². The molecule has 0 aromatic rings. The standard InChI is InChI=1S/C11H21N3O4/c1-4-18-10(16)7-14-11(17)13-6-9(15)12-5-8(2)3/h8H,4-7H2,1-3H3,(H,12,15)(H2,13,14,17). The molecule has 0 unspecified atom stereocenters. The maximum atomic E-state index is 11.2. The van der Waals surface area contributed by atoms with E-state index in [1.807, 2.05) is 13.8 Å². The van der Waals surface area contributed by atoms with Crippen molar-refractivity contribution in [1.29, 1.82) is 0 Å². The summed E-state index contributed by atoms with van der Waals surface area (Å²) in [4.78, 5) is 33.4. The quantitative estimate of drug-likeness (QED) is 0.543. The van der Waals surface area contributed by atoms with Gasteiger partial charge in [0.05, 0.1) is 13.2 Å². The monoisotopic (exact) mass is 259 g/mol. The van der Waals surface area contributed by atoms with Crippen molar-refractivity contribution in [1.82, 2.24) is 16.0 Å².